The molecule has 0 bridgehead atoms. The molecule has 0 aliphatic heterocycles. The van der Waals surface area contributed by atoms with Crippen molar-refractivity contribution in [3.63, 3.8) is 0 Å². The maximum absolute atomic E-state index is 12.4. The summed E-state index contributed by atoms with van der Waals surface area (Å²) in [6.07, 6.45) is 5.76. The summed E-state index contributed by atoms with van der Waals surface area (Å²) in [6.45, 7) is 0. The molecule has 1 amide bonds. The van der Waals surface area contributed by atoms with Gasteiger partial charge in [0.05, 0.1) is 20.3 Å². The normalized spacial score (nSPS) is 15.3. The lowest BCUT2D eigenvalue weighted by Crippen LogP contribution is -2.51. The van der Waals surface area contributed by atoms with Crippen LogP contribution < -0.4 is 25.6 Å². The lowest BCUT2D eigenvalue weighted by Gasteiger charge is -2.24. The zero-order valence-corrected chi connectivity index (χ0v) is 15.8. The van der Waals surface area contributed by atoms with E-state index in [2.05, 4.69) is 16.2 Å². The molecule has 0 radical (unpaired) electrons. The van der Waals surface area contributed by atoms with Crippen LogP contribution in [0, 0.1) is 11.3 Å². The van der Waals surface area contributed by atoms with Crippen molar-refractivity contribution in [2.75, 3.05) is 14.2 Å². The Kier molecular flexibility index (Phi) is 7.48. The topological polar surface area (TPSA) is 95.4 Å². The van der Waals surface area contributed by atoms with Gasteiger partial charge in [0.2, 0.25) is 0 Å². The van der Waals surface area contributed by atoms with Crippen molar-refractivity contribution >= 4 is 23.2 Å². The number of rotatable bonds is 5. The highest BCUT2D eigenvalue weighted by Gasteiger charge is 2.22. The fraction of sp³-hybridized carbons (Fsp3) is 0.500. The molecule has 1 aromatic rings. The van der Waals surface area contributed by atoms with Crippen LogP contribution in [0.4, 0.5) is 0 Å². The van der Waals surface area contributed by atoms with Gasteiger partial charge in [0.25, 0.3) is 5.91 Å². The summed E-state index contributed by atoms with van der Waals surface area (Å²) in [4.78, 5) is 12.4. The van der Waals surface area contributed by atoms with Gasteiger partial charge in [0, 0.05) is 6.04 Å². The van der Waals surface area contributed by atoms with E-state index < -0.39 is 11.8 Å². The second-order valence-corrected chi connectivity index (χ2v) is 6.51. The molecule has 1 aromatic carbocycles. The number of hydrazine groups is 1. The summed E-state index contributed by atoms with van der Waals surface area (Å²) in [5, 5.41) is 13.0. The Bertz CT molecular complexity index is 684. The van der Waals surface area contributed by atoms with Gasteiger partial charge in [0.1, 0.15) is 0 Å². The molecule has 0 spiro atoms. The molecule has 3 N–H and O–H groups in total. The van der Waals surface area contributed by atoms with Crippen molar-refractivity contribution in [3.8, 4) is 17.6 Å². The first-order valence-corrected chi connectivity index (χ1v) is 8.97. The number of carbonyl (C=O) groups is 1. The summed E-state index contributed by atoms with van der Waals surface area (Å²) < 4.78 is 10.4. The number of nitriles is 1. The van der Waals surface area contributed by atoms with Crippen molar-refractivity contribution in [3.05, 3.63) is 23.8 Å². The predicted molar refractivity (Wildman–Crippen MR) is 102 cm³/mol. The molecule has 2 rings (SSSR count). The molecule has 1 atom stereocenters. The first-order valence-electron chi connectivity index (χ1n) is 8.57. The number of nitrogens with zero attached hydrogens (tertiary/aromatic N) is 1. The lowest BCUT2D eigenvalue weighted by molar-refractivity contribution is -0.121. The Hall–Kier alpha value is -2.53. The Morgan fingerprint density at radius 2 is 1.88 bits per heavy atom. The number of nitrogens with one attached hydrogen (secondary N) is 3. The molecule has 140 valence electrons. The van der Waals surface area contributed by atoms with Crippen LogP contribution in [0.25, 0.3) is 0 Å². The van der Waals surface area contributed by atoms with Gasteiger partial charge in [-0.3, -0.25) is 15.6 Å². The highest BCUT2D eigenvalue weighted by atomic mass is 32.1. The third-order valence-corrected chi connectivity index (χ3v) is 4.59. The molecule has 0 heterocycles. The SMILES string of the molecule is COc1ccc(C(C#N)C(=O)NNC(=S)NC2CCCCC2)cc1OC. The zero-order chi connectivity index (χ0) is 18.9. The first kappa shape index (κ1) is 19.8. The Labute approximate surface area is 159 Å². The first-order chi connectivity index (χ1) is 12.6. The minimum atomic E-state index is -1.00. The molecule has 1 aliphatic carbocycles. The number of ether oxygens (including phenoxy) is 2. The molecule has 8 heteroatoms. The maximum Gasteiger partial charge on any atom is 0.260 e. The van der Waals surface area contributed by atoms with E-state index in [1.165, 1.54) is 33.5 Å². The van der Waals surface area contributed by atoms with Crippen LogP contribution in [0.3, 0.4) is 0 Å². The lowest BCUT2D eigenvalue weighted by atomic mass is 9.96. The number of amides is 1. The number of thiocarbonyl (C=S) groups is 1. The molecular weight excluding hydrogens is 352 g/mol. The van der Waals surface area contributed by atoms with Crippen molar-refractivity contribution < 1.29 is 14.3 Å². The van der Waals surface area contributed by atoms with Crippen LogP contribution in [0.5, 0.6) is 11.5 Å². The summed E-state index contributed by atoms with van der Waals surface area (Å²) in [5.41, 5.74) is 5.69. The molecule has 0 saturated heterocycles. The Morgan fingerprint density at radius 1 is 1.19 bits per heavy atom. The number of methoxy groups -OCH3 is 2. The van der Waals surface area contributed by atoms with Crippen LogP contribution in [-0.2, 0) is 4.79 Å². The van der Waals surface area contributed by atoms with Gasteiger partial charge >= 0.3 is 0 Å². The van der Waals surface area contributed by atoms with Crippen LogP contribution in [-0.4, -0.2) is 31.3 Å². The van der Waals surface area contributed by atoms with Crippen LogP contribution in [0.15, 0.2) is 18.2 Å². The van der Waals surface area contributed by atoms with Gasteiger partial charge in [-0.1, -0.05) is 25.3 Å². The van der Waals surface area contributed by atoms with Crippen LogP contribution in [0.1, 0.15) is 43.6 Å². The largest absolute Gasteiger partial charge is 0.493 e. The van der Waals surface area contributed by atoms with E-state index in [0.29, 0.717) is 28.2 Å². The van der Waals surface area contributed by atoms with E-state index in [1.54, 1.807) is 18.2 Å². The van der Waals surface area contributed by atoms with E-state index in [0.717, 1.165) is 12.8 Å². The molecule has 1 fully saturated rings. The molecule has 7 nitrogen and oxygen atoms in total. The molecule has 1 saturated carbocycles. The third kappa shape index (κ3) is 5.23. The van der Waals surface area contributed by atoms with E-state index in [9.17, 15) is 10.1 Å². The highest BCUT2D eigenvalue weighted by molar-refractivity contribution is 7.80. The summed E-state index contributed by atoms with van der Waals surface area (Å²) in [5.74, 6) is -0.503. The summed E-state index contributed by atoms with van der Waals surface area (Å²) >= 11 is 5.21. The number of hydrogen-bond acceptors (Lipinski definition) is 5. The summed E-state index contributed by atoms with van der Waals surface area (Å²) in [7, 11) is 3.02. The average Bonchev–Trinajstić information content (AvgIpc) is 2.67. The highest BCUT2D eigenvalue weighted by Crippen LogP contribution is 2.30. The second-order valence-electron chi connectivity index (χ2n) is 6.10. The quantitative estimate of drug-likeness (QED) is 0.535. The molecule has 1 unspecified atom stereocenters. The summed E-state index contributed by atoms with van der Waals surface area (Å²) in [6, 6.07) is 7.27. The van der Waals surface area contributed by atoms with E-state index in [-0.39, 0.29) is 0 Å². The zero-order valence-electron chi connectivity index (χ0n) is 15.0. The van der Waals surface area contributed by atoms with Gasteiger partial charge < -0.3 is 14.8 Å². The van der Waals surface area contributed by atoms with Crippen molar-refractivity contribution in [2.45, 2.75) is 44.1 Å². The minimum absolute atomic E-state index is 0.332. The van der Waals surface area contributed by atoms with E-state index >= 15 is 0 Å². The van der Waals surface area contributed by atoms with Crippen molar-refractivity contribution in [1.82, 2.24) is 16.2 Å². The molecular formula is C18H24N4O3S. The van der Waals surface area contributed by atoms with E-state index in [1.807, 2.05) is 6.07 Å². The Balaban J connectivity index is 1.94. The molecule has 26 heavy (non-hydrogen) atoms. The smallest absolute Gasteiger partial charge is 0.260 e. The standard InChI is InChI=1S/C18H24N4O3S/c1-24-15-9-8-12(10-16(15)25-2)14(11-19)17(23)21-22-18(26)20-13-6-4-3-5-7-13/h8-10,13-14H,3-7H2,1-2H3,(H,21,23)(H2,20,22,26). The van der Waals surface area contributed by atoms with Gasteiger partial charge in [-0.2, -0.15) is 5.26 Å². The van der Waals surface area contributed by atoms with Crippen LogP contribution >= 0.6 is 12.2 Å². The van der Waals surface area contributed by atoms with Gasteiger partial charge in [-0.15, -0.1) is 0 Å². The maximum atomic E-state index is 12.4. The fourth-order valence-corrected chi connectivity index (χ4v) is 3.19. The van der Waals surface area contributed by atoms with Crippen molar-refractivity contribution in [1.29, 1.82) is 5.26 Å². The third-order valence-electron chi connectivity index (χ3n) is 4.37. The predicted octanol–water partition coefficient (Wildman–Crippen LogP) is 2.14. The van der Waals surface area contributed by atoms with Gasteiger partial charge in [0.15, 0.2) is 22.5 Å². The molecule has 0 aromatic heterocycles. The van der Waals surface area contributed by atoms with Crippen LogP contribution in [0.2, 0.25) is 0 Å². The minimum Gasteiger partial charge on any atom is -0.493 e. The fourth-order valence-electron chi connectivity index (χ4n) is 2.98. The monoisotopic (exact) mass is 376 g/mol. The Morgan fingerprint density at radius 3 is 2.50 bits per heavy atom. The van der Waals surface area contributed by atoms with Gasteiger partial charge in [-0.05, 0) is 42.8 Å². The second kappa shape index (κ2) is 9.82. The number of benzene rings is 1. The van der Waals surface area contributed by atoms with E-state index in [4.69, 9.17) is 21.7 Å². The average molecular weight is 376 g/mol. The number of carbonyl (C=O) groups excluding carboxylic acids is 1. The number of hydrogen-bond donors (Lipinski definition) is 3. The molecule has 1 aliphatic rings. The van der Waals surface area contributed by atoms with Gasteiger partial charge in [-0.25, -0.2) is 0 Å². The van der Waals surface area contributed by atoms with Crippen molar-refractivity contribution in [2.24, 2.45) is 0 Å².